The zero-order valence-electron chi connectivity index (χ0n) is 11.3. The Balaban J connectivity index is 2.24. The van der Waals surface area contributed by atoms with Gasteiger partial charge in [-0.2, -0.15) is 0 Å². The van der Waals surface area contributed by atoms with E-state index in [9.17, 15) is 0 Å². The Labute approximate surface area is 109 Å². The van der Waals surface area contributed by atoms with Crippen molar-refractivity contribution < 1.29 is 0 Å². The van der Waals surface area contributed by atoms with Crippen molar-refractivity contribution in [3.8, 4) is 0 Å². The predicted molar refractivity (Wildman–Crippen MR) is 75.5 cm³/mol. The van der Waals surface area contributed by atoms with Gasteiger partial charge in [-0.15, -0.1) is 0 Å². The number of benzene rings is 1. The van der Waals surface area contributed by atoms with Crippen LogP contribution in [-0.2, 0) is 6.42 Å². The number of aryl methyl sites for hydroxylation is 3. The molecule has 0 saturated carbocycles. The second kappa shape index (κ2) is 5.32. The number of hydrogen-bond donors (Lipinski definition) is 1. The van der Waals surface area contributed by atoms with Crippen LogP contribution < -0.4 is 5.73 Å². The van der Waals surface area contributed by atoms with Crippen LogP contribution in [0, 0.1) is 20.8 Å². The highest BCUT2D eigenvalue weighted by molar-refractivity contribution is 5.35. The second-order valence-electron chi connectivity index (χ2n) is 4.94. The van der Waals surface area contributed by atoms with E-state index in [0.717, 1.165) is 12.1 Å². The summed E-state index contributed by atoms with van der Waals surface area (Å²) in [4.78, 5) is 4.37. The van der Waals surface area contributed by atoms with Crippen molar-refractivity contribution in [3.05, 3.63) is 64.5 Å². The first-order valence-corrected chi connectivity index (χ1v) is 6.31. The molecule has 1 atom stereocenters. The molecule has 0 aliphatic heterocycles. The lowest BCUT2D eigenvalue weighted by molar-refractivity contribution is 0.690. The first-order chi connectivity index (χ1) is 8.58. The molecule has 0 spiro atoms. The molecular weight excluding hydrogens is 220 g/mol. The van der Waals surface area contributed by atoms with Crippen molar-refractivity contribution in [1.29, 1.82) is 0 Å². The van der Waals surface area contributed by atoms with Crippen molar-refractivity contribution in [1.82, 2.24) is 4.98 Å². The Bertz CT molecular complexity index is 526. The van der Waals surface area contributed by atoms with Gasteiger partial charge >= 0.3 is 0 Å². The largest absolute Gasteiger partial charge is 0.322 e. The molecule has 2 N–H and O–H groups in total. The number of pyridine rings is 1. The van der Waals surface area contributed by atoms with Gasteiger partial charge in [-0.3, -0.25) is 4.98 Å². The number of rotatable bonds is 3. The molecule has 0 bridgehead atoms. The Kier molecular flexibility index (Phi) is 3.78. The summed E-state index contributed by atoms with van der Waals surface area (Å²) in [7, 11) is 0. The van der Waals surface area contributed by atoms with Gasteiger partial charge in [0.15, 0.2) is 0 Å². The van der Waals surface area contributed by atoms with Crippen LogP contribution >= 0.6 is 0 Å². The fraction of sp³-hybridized carbons (Fsp3) is 0.312. The molecule has 1 aromatic carbocycles. The zero-order chi connectivity index (χ0) is 13.1. The van der Waals surface area contributed by atoms with E-state index in [-0.39, 0.29) is 6.04 Å². The molecule has 0 fully saturated rings. The molecule has 1 aromatic heterocycles. The third kappa shape index (κ3) is 2.77. The van der Waals surface area contributed by atoms with Gasteiger partial charge in [0.2, 0.25) is 0 Å². The Morgan fingerprint density at radius 3 is 2.39 bits per heavy atom. The van der Waals surface area contributed by atoms with Crippen molar-refractivity contribution in [3.63, 3.8) is 0 Å². The summed E-state index contributed by atoms with van der Waals surface area (Å²) >= 11 is 0. The highest BCUT2D eigenvalue weighted by Crippen LogP contribution is 2.20. The van der Waals surface area contributed by atoms with E-state index < -0.39 is 0 Å². The lowest BCUT2D eigenvalue weighted by Gasteiger charge is -2.15. The highest BCUT2D eigenvalue weighted by Gasteiger charge is 2.11. The van der Waals surface area contributed by atoms with Crippen LogP contribution in [-0.4, -0.2) is 4.98 Å². The third-order valence-electron chi connectivity index (χ3n) is 3.38. The van der Waals surface area contributed by atoms with Gasteiger partial charge in [-0.25, -0.2) is 0 Å². The molecule has 0 amide bonds. The molecular formula is C16H20N2. The maximum absolute atomic E-state index is 6.27. The van der Waals surface area contributed by atoms with Crippen molar-refractivity contribution >= 4 is 0 Å². The van der Waals surface area contributed by atoms with Crippen LogP contribution in [0.3, 0.4) is 0 Å². The topological polar surface area (TPSA) is 38.9 Å². The SMILES string of the molecule is Cc1ccnc(C(N)Cc2c(C)cccc2C)c1. The van der Waals surface area contributed by atoms with Crippen LogP contribution in [0.15, 0.2) is 36.5 Å². The van der Waals surface area contributed by atoms with E-state index in [1.54, 1.807) is 0 Å². The minimum Gasteiger partial charge on any atom is -0.322 e. The quantitative estimate of drug-likeness (QED) is 0.894. The van der Waals surface area contributed by atoms with Crippen molar-refractivity contribution in [2.75, 3.05) is 0 Å². The average Bonchev–Trinajstić information content (AvgIpc) is 2.34. The van der Waals surface area contributed by atoms with E-state index in [1.807, 2.05) is 12.3 Å². The van der Waals surface area contributed by atoms with Crippen LogP contribution in [0.25, 0.3) is 0 Å². The zero-order valence-corrected chi connectivity index (χ0v) is 11.3. The minimum atomic E-state index is -0.0373. The van der Waals surface area contributed by atoms with Gasteiger partial charge in [0.25, 0.3) is 0 Å². The Morgan fingerprint density at radius 1 is 1.11 bits per heavy atom. The van der Waals surface area contributed by atoms with Crippen LogP contribution in [0.4, 0.5) is 0 Å². The summed E-state index contributed by atoms with van der Waals surface area (Å²) in [6, 6.07) is 10.4. The molecule has 0 aliphatic rings. The number of hydrogen-bond acceptors (Lipinski definition) is 2. The molecule has 0 saturated heterocycles. The fourth-order valence-electron chi connectivity index (χ4n) is 2.26. The van der Waals surface area contributed by atoms with Gasteiger partial charge in [-0.1, -0.05) is 18.2 Å². The maximum Gasteiger partial charge on any atom is 0.0577 e. The highest BCUT2D eigenvalue weighted by atomic mass is 14.8. The smallest absolute Gasteiger partial charge is 0.0577 e. The monoisotopic (exact) mass is 240 g/mol. The molecule has 94 valence electrons. The fourth-order valence-corrected chi connectivity index (χ4v) is 2.26. The normalized spacial score (nSPS) is 12.4. The lowest BCUT2D eigenvalue weighted by Crippen LogP contribution is -2.16. The van der Waals surface area contributed by atoms with E-state index in [2.05, 4.69) is 50.0 Å². The predicted octanol–water partition coefficient (Wildman–Crippen LogP) is 3.25. The Hall–Kier alpha value is -1.67. The summed E-state index contributed by atoms with van der Waals surface area (Å²) in [6.45, 7) is 6.34. The minimum absolute atomic E-state index is 0.0373. The van der Waals surface area contributed by atoms with Gasteiger partial charge in [0.1, 0.15) is 0 Å². The summed E-state index contributed by atoms with van der Waals surface area (Å²) in [5.41, 5.74) is 12.4. The lowest BCUT2D eigenvalue weighted by atomic mass is 9.95. The van der Waals surface area contributed by atoms with Gasteiger partial charge in [0, 0.05) is 6.20 Å². The molecule has 0 radical (unpaired) electrons. The Morgan fingerprint density at radius 2 is 1.78 bits per heavy atom. The van der Waals surface area contributed by atoms with Crippen molar-refractivity contribution in [2.45, 2.75) is 33.2 Å². The third-order valence-corrected chi connectivity index (χ3v) is 3.38. The molecule has 1 unspecified atom stereocenters. The summed E-state index contributed by atoms with van der Waals surface area (Å²) in [5, 5.41) is 0. The molecule has 18 heavy (non-hydrogen) atoms. The van der Waals surface area contributed by atoms with E-state index in [4.69, 9.17) is 5.73 Å². The van der Waals surface area contributed by atoms with E-state index >= 15 is 0 Å². The summed E-state index contributed by atoms with van der Waals surface area (Å²) in [6.07, 6.45) is 2.67. The van der Waals surface area contributed by atoms with Crippen LogP contribution in [0.2, 0.25) is 0 Å². The van der Waals surface area contributed by atoms with Gasteiger partial charge in [-0.05, 0) is 61.6 Å². The summed E-state index contributed by atoms with van der Waals surface area (Å²) < 4.78 is 0. The van der Waals surface area contributed by atoms with Crippen LogP contribution in [0.5, 0.6) is 0 Å². The summed E-state index contributed by atoms with van der Waals surface area (Å²) in [5.74, 6) is 0. The first-order valence-electron chi connectivity index (χ1n) is 6.31. The second-order valence-corrected chi connectivity index (χ2v) is 4.94. The molecule has 2 aromatic rings. The molecule has 0 aliphatic carbocycles. The molecule has 2 rings (SSSR count). The van der Waals surface area contributed by atoms with Crippen molar-refractivity contribution in [2.24, 2.45) is 5.73 Å². The number of nitrogens with two attached hydrogens (primary N) is 1. The number of nitrogens with zero attached hydrogens (tertiary/aromatic N) is 1. The molecule has 2 heteroatoms. The maximum atomic E-state index is 6.27. The van der Waals surface area contributed by atoms with Gasteiger partial charge in [0.05, 0.1) is 11.7 Å². The molecule has 1 heterocycles. The van der Waals surface area contributed by atoms with E-state index in [0.29, 0.717) is 0 Å². The van der Waals surface area contributed by atoms with Crippen LogP contribution in [0.1, 0.15) is 34.0 Å². The number of aromatic nitrogens is 1. The standard InChI is InChI=1S/C16H20N2/c1-11-7-8-18-16(9-11)15(17)10-14-12(2)5-4-6-13(14)3/h4-9,15H,10,17H2,1-3H3. The first kappa shape index (κ1) is 12.8. The molecule has 2 nitrogen and oxygen atoms in total. The van der Waals surface area contributed by atoms with Gasteiger partial charge < -0.3 is 5.73 Å². The van der Waals surface area contributed by atoms with E-state index in [1.165, 1.54) is 22.3 Å². The average molecular weight is 240 g/mol.